The predicted molar refractivity (Wildman–Crippen MR) is 108 cm³/mol. The quantitative estimate of drug-likeness (QED) is 0.700. The maximum Gasteiger partial charge on any atom is 0.346 e. The van der Waals surface area contributed by atoms with Crippen molar-refractivity contribution in [1.82, 2.24) is 24.2 Å². The Morgan fingerprint density at radius 2 is 2.18 bits per heavy atom. The van der Waals surface area contributed by atoms with E-state index in [1.165, 1.54) is 4.68 Å². The van der Waals surface area contributed by atoms with Gasteiger partial charge in [-0.1, -0.05) is 19.4 Å². The Balaban J connectivity index is 1.61. The molecule has 0 fully saturated rings. The molecule has 0 aromatic carbocycles. The lowest BCUT2D eigenvalue weighted by atomic mass is 9.96. The lowest BCUT2D eigenvalue weighted by molar-refractivity contribution is -0.132. The van der Waals surface area contributed by atoms with E-state index >= 15 is 0 Å². The van der Waals surface area contributed by atoms with Crippen LogP contribution >= 0.6 is 0 Å². The van der Waals surface area contributed by atoms with E-state index in [1.54, 1.807) is 17.0 Å². The minimum atomic E-state index is -0.0658. The molecule has 0 radical (unpaired) electrons. The molecule has 0 N–H and O–H groups in total. The monoisotopic (exact) mass is 385 g/mol. The van der Waals surface area contributed by atoms with Gasteiger partial charge < -0.3 is 4.90 Å². The first-order valence-corrected chi connectivity index (χ1v) is 10.5. The van der Waals surface area contributed by atoms with E-state index in [9.17, 15) is 9.59 Å². The number of amides is 1. The molecule has 1 atom stereocenters. The number of pyridine rings is 1. The van der Waals surface area contributed by atoms with Crippen LogP contribution in [0.15, 0.2) is 29.3 Å². The summed E-state index contributed by atoms with van der Waals surface area (Å²) in [5, 5.41) is 4.55. The van der Waals surface area contributed by atoms with Gasteiger partial charge in [-0.2, -0.15) is 5.10 Å². The Morgan fingerprint density at radius 1 is 1.32 bits per heavy atom. The standard InChI is InChI=1S/C21H31N5O2/c1-3-5-12-24(4-2)20(27)14-17-8-9-19-23-26(21(28)25(19)13-10-17)16-18-7-6-11-22-15-18/h6-7,11,15,17H,3-5,8-10,12-14,16H2,1-2H3. The van der Waals surface area contributed by atoms with Crippen LogP contribution in [0.3, 0.4) is 0 Å². The SMILES string of the molecule is CCCCN(CC)C(=O)CC1CCc2nn(Cc3cccnc3)c(=O)n2CC1. The minimum absolute atomic E-state index is 0.0658. The first-order valence-electron chi connectivity index (χ1n) is 10.5. The second kappa shape index (κ2) is 9.66. The number of aryl methyl sites for hydroxylation is 1. The fraction of sp³-hybridized carbons (Fsp3) is 0.619. The summed E-state index contributed by atoms with van der Waals surface area (Å²) in [6.07, 6.45) is 8.70. The second-order valence-corrected chi connectivity index (χ2v) is 7.59. The van der Waals surface area contributed by atoms with Gasteiger partial charge in [0.2, 0.25) is 5.91 Å². The Bertz CT molecular complexity index is 827. The average Bonchev–Trinajstić information content (AvgIpc) is 2.87. The summed E-state index contributed by atoms with van der Waals surface area (Å²) >= 11 is 0. The summed E-state index contributed by atoms with van der Waals surface area (Å²) in [5.41, 5.74) is 0.900. The first kappa shape index (κ1) is 20.3. The Kier molecular flexibility index (Phi) is 7.01. The third kappa shape index (κ3) is 4.88. The summed E-state index contributed by atoms with van der Waals surface area (Å²) in [5.74, 6) is 1.40. The van der Waals surface area contributed by atoms with E-state index in [-0.39, 0.29) is 11.6 Å². The fourth-order valence-electron chi connectivity index (χ4n) is 3.84. The molecular weight excluding hydrogens is 354 g/mol. The predicted octanol–water partition coefficient (Wildman–Crippen LogP) is 2.48. The van der Waals surface area contributed by atoms with Crippen LogP contribution in [0.5, 0.6) is 0 Å². The number of hydrogen-bond donors (Lipinski definition) is 0. The van der Waals surface area contributed by atoms with E-state index < -0.39 is 0 Å². The topological polar surface area (TPSA) is 73.0 Å². The summed E-state index contributed by atoms with van der Waals surface area (Å²) < 4.78 is 3.32. The maximum atomic E-state index is 12.7. The van der Waals surface area contributed by atoms with Crippen LogP contribution in [-0.2, 0) is 24.3 Å². The van der Waals surface area contributed by atoms with Gasteiger partial charge in [0.1, 0.15) is 5.82 Å². The molecule has 2 aromatic rings. The molecule has 1 unspecified atom stereocenters. The number of carbonyl (C=O) groups excluding carboxylic acids is 1. The number of rotatable bonds is 8. The van der Waals surface area contributed by atoms with Gasteiger partial charge >= 0.3 is 5.69 Å². The van der Waals surface area contributed by atoms with Gasteiger partial charge in [-0.25, -0.2) is 9.48 Å². The van der Waals surface area contributed by atoms with Crippen LogP contribution < -0.4 is 5.69 Å². The summed E-state index contributed by atoms with van der Waals surface area (Å²) in [6.45, 7) is 6.89. The molecular formula is C21H31N5O2. The minimum Gasteiger partial charge on any atom is -0.343 e. The Morgan fingerprint density at radius 3 is 2.89 bits per heavy atom. The first-order chi connectivity index (χ1) is 13.6. The Hall–Kier alpha value is -2.44. The van der Waals surface area contributed by atoms with Crippen molar-refractivity contribution in [3.05, 3.63) is 46.4 Å². The number of hydrogen-bond acceptors (Lipinski definition) is 4. The van der Waals surface area contributed by atoms with Crippen LogP contribution in [0.2, 0.25) is 0 Å². The van der Waals surface area contributed by atoms with Gasteiger partial charge in [0.05, 0.1) is 6.54 Å². The van der Waals surface area contributed by atoms with E-state index in [0.717, 1.165) is 56.6 Å². The zero-order valence-corrected chi connectivity index (χ0v) is 17.0. The lowest BCUT2D eigenvalue weighted by Gasteiger charge is -2.23. The molecule has 0 aliphatic carbocycles. The van der Waals surface area contributed by atoms with Crippen molar-refractivity contribution in [3.8, 4) is 0 Å². The van der Waals surface area contributed by atoms with Crippen LogP contribution in [0.1, 0.15) is 57.3 Å². The van der Waals surface area contributed by atoms with Crippen molar-refractivity contribution in [1.29, 1.82) is 0 Å². The van der Waals surface area contributed by atoms with Gasteiger partial charge in [0.25, 0.3) is 0 Å². The molecule has 3 rings (SSSR count). The molecule has 1 aliphatic rings. The van der Waals surface area contributed by atoms with Crippen LogP contribution in [0, 0.1) is 5.92 Å². The largest absolute Gasteiger partial charge is 0.346 e. The number of carbonyl (C=O) groups is 1. The number of nitrogens with zero attached hydrogens (tertiary/aromatic N) is 5. The highest BCUT2D eigenvalue weighted by molar-refractivity contribution is 5.76. The van der Waals surface area contributed by atoms with Crippen molar-refractivity contribution >= 4 is 5.91 Å². The third-order valence-electron chi connectivity index (χ3n) is 5.57. The number of aromatic nitrogens is 4. The highest BCUT2D eigenvalue weighted by atomic mass is 16.2. The van der Waals surface area contributed by atoms with E-state index in [0.29, 0.717) is 25.4 Å². The molecule has 1 aliphatic heterocycles. The zero-order chi connectivity index (χ0) is 19.9. The highest BCUT2D eigenvalue weighted by Crippen LogP contribution is 2.22. The van der Waals surface area contributed by atoms with E-state index in [4.69, 9.17) is 0 Å². The second-order valence-electron chi connectivity index (χ2n) is 7.59. The van der Waals surface area contributed by atoms with Gasteiger partial charge in [-0.3, -0.25) is 14.3 Å². The molecule has 28 heavy (non-hydrogen) atoms. The molecule has 1 amide bonds. The van der Waals surface area contributed by atoms with Crippen molar-refractivity contribution in [2.75, 3.05) is 13.1 Å². The molecule has 2 aromatic heterocycles. The van der Waals surface area contributed by atoms with Gasteiger partial charge in [-0.05, 0) is 43.7 Å². The van der Waals surface area contributed by atoms with Gasteiger partial charge in [0.15, 0.2) is 0 Å². The number of fused-ring (bicyclic) bond motifs is 1. The smallest absolute Gasteiger partial charge is 0.343 e. The molecule has 3 heterocycles. The van der Waals surface area contributed by atoms with E-state index in [1.807, 2.05) is 24.0 Å². The summed E-state index contributed by atoms with van der Waals surface area (Å²) in [4.78, 5) is 31.4. The van der Waals surface area contributed by atoms with Crippen LogP contribution in [-0.4, -0.2) is 43.2 Å². The molecule has 0 spiro atoms. The van der Waals surface area contributed by atoms with Crippen molar-refractivity contribution in [3.63, 3.8) is 0 Å². The molecule has 0 saturated carbocycles. The van der Waals surface area contributed by atoms with Gasteiger partial charge in [0, 0.05) is 44.9 Å². The van der Waals surface area contributed by atoms with Crippen LogP contribution in [0.4, 0.5) is 0 Å². The van der Waals surface area contributed by atoms with Gasteiger partial charge in [-0.15, -0.1) is 0 Å². The highest BCUT2D eigenvalue weighted by Gasteiger charge is 2.24. The summed E-state index contributed by atoms with van der Waals surface area (Å²) in [6, 6.07) is 3.81. The van der Waals surface area contributed by atoms with Crippen molar-refractivity contribution in [2.24, 2.45) is 5.92 Å². The fourth-order valence-corrected chi connectivity index (χ4v) is 3.84. The third-order valence-corrected chi connectivity index (χ3v) is 5.57. The Labute approximate surface area is 166 Å². The molecule has 0 bridgehead atoms. The normalized spacial score (nSPS) is 16.4. The summed E-state index contributed by atoms with van der Waals surface area (Å²) in [7, 11) is 0. The molecule has 7 nitrogen and oxygen atoms in total. The number of unbranched alkanes of at least 4 members (excludes halogenated alkanes) is 1. The van der Waals surface area contributed by atoms with Crippen molar-refractivity contribution < 1.29 is 4.79 Å². The molecule has 152 valence electrons. The lowest BCUT2D eigenvalue weighted by Crippen LogP contribution is -2.33. The maximum absolute atomic E-state index is 12.7. The van der Waals surface area contributed by atoms with Crippen molar-refractivity contribution in [2.45, 2.75) is 65.5 Å². The average molecular weight is 386 g/mol. The molecule has 7 heteroatoms. The molecule has 0 saturated heterocycles. The van der Waals surface area contributed by atoms with E-state index in [2.05, 4.69) is 17.0 Å². The zero-order valence-electron chi connectivity index (χ0n) is 17.0. The van der Waals surface area contributed by atoms with Crippen LogP contribution in [0.25, 0.3) is 0 Å².